The van der Waals surface area contributed by atoms with Crippen LogP contribution in [0.5, 0.6) is 0 Å². The van der Waals surface area contributed by atoms with Gasteiger partial charge >= 0.3 is 5.97 Å². The van der Waals surface area contributed by atoms with Gasteiger partial charge in [-0.1, -0.05) is 48.5 Å². The number of rotatable bonds is 5. The molecule has 1 heterocycles. The highest BCUT2D eigenvalue weighted by molar-refractivity contribution is 5.84. The van der Waals surface area contributed by atoms with E-state index < -0.39 is 5.97 Å². The Morgan fingerprint density at radius 1 is 1.00 bits per heavy atom. The third-order valence-electron chi connectivity index (χ3n) is 3.68. The fraction of sp³-hybridized carbons (Fsp3) is 0.167. The molecule has 0 fully saturated rings. The van der Waals surface area contributed by atoms with Gasteiger partial charge in [0.05, 0.1) is 0 Å². The number of aliphatic carboxylic acids is 1. The summed E-state index contributed by atoms with van der Waals surface area (Å²) in [5, 5.41) is 10.0. The molecule has 0 atom stereocenters. The van der Waals surface area contributed by atoms with E-state index in [1.165, 1.54) is 5.56 Å². The van der Waals surface area contributed by atoms with Crippen molar-refractivity contribution in [1.82, 2.24) is 4.57 Å². The average Bonchev–Trinajstić information content (AvgIpc) is 2.85. The molecule has 106 valence electrons. The first-order valence-electron chi connectivity index (χ1n) is 7.06. The highest BCUT2D eigenvalue weighted by Crippen LogP contribution is 2.23. The van der Waals surface area contributed by atoms with E-state index in [0.717, 1.165) is 23.0 Å². The van der Waals surface area contributed by atoms with Crippen LogP contribution < -0.4 is 0 Å². The van der Waals surface area contributed by atoms with Gasteiger partial charge in [0.15, 0.2) is 0 Å². The molecular weight excluding hydrogens is 262 g/mol. The Labute approximate surface area is 123 Å². The lowest BCUT2D eigenvalue weighted by atomic mass is 10.1. The van der Waals surface area contributed by atoms with Crippen molar-refractivity contribution in [2.24, 2.45) is 0 Å². The molecule has 0 amide bonds. The number of hydrogen-bond acceptors (Lipinski definition) is 1. The van der Waals surface area contributed by atoms with Crippen molar-refractivity contribution in [2.45, 2.75) is 19.4 Å². The predicted molar refractivity (Wildman–Crippen MR) is 83.4 cm³/mol. The molecule has 0 saturated carbocycles. The minimum atomic E-state index is -0.755. The zero-order valence-corrected chi connectivity index (χ0v) is 11.7. The Balaban J connectivity index is 1.96. The number of nitrogens with zero attached hydrogens (tertiary/aromatic N) is 1. The second-order valence-electron chi connectivity index (χ2n) is 5.18. The first-order chi connectivity index (χ1) is 10.2. The third-order valence-corrected chi connectivity index (χ3v) is 3.68. The standard InChI is InChI=1S/C18H17NO2/c20-18(21)11-10-15-13-19(12-14-6-2-1-3-7-14)17-9-5-4-8-16(15)17/h1-9,13H,10-12H2,(H,20,21). The molecule has 3 aromatic rings. The lowest BCUT2D eigenvalue weighted by Gasteiger charge is -2.05. The number of carboxylic acids is 1. The van der Waals surface area contributed by atoms with Crippen LogP contribution in [0.4, 0.5) is 0 Å². The Morgan fingerprint density at radius 3 is 2.48 bits per heavy atom. The summed E-state index contributed by atoms with van der Waals surface area (Å²) in [7, 11) is 0. The zero-order valence-electron chi connectivity index (χ0n) is 11.7. The Kier molecular flexibility index (Phi) is 3.73. The second-order valence-corrected chi connectivity index (χ2v) is 5.18. The van der Waals surface area contributed by atoms with E-state index in [9.17, 15) is 4.79 Å². The van der Waals surface area contributed by atoms with Gasteiger partial charge in [-0.15, -0.1) is 0 Å². The minimum absolute atomic E-state index is 0.166. The van der Waals surface area contributed by atoms with Gasteiger partial charge in [-0.05, 0) is 23.6 Å². The van der Waals surface area contributed by atoms with E-state index in [4.69, 9.17) is 5.11 Å². The van der Waals surface area contributed by atoms with Crippen LogP contribution in [-0.2, 0) is 17.8 Å². The van der Waals surface area contributed by atoms with Gasteiger partial charge in [0, 0.05) is 30.1 Å². The molecule has 0 spiro atoms. The SMILES string of the molecule is O=C(O)CCc1cn(Cc2ccccc2)c2ccccc12. The van der Waals surface area contributed by atoms with Gasteiger partial charge in [-0.2, -0.15) is 0 Å². The van der Waals surface area contributed by atoms with Crippen LogP contribution in [-0.4, -0.2) is 15.6 Å². The summed E-state index contributed by atoms with van der Waals surface area (Å²) >= 11 is 0. The normalized spacial score (nSPS) is 10.9. The first kappa shape index (κ1) is 13.4. The molecule has 1 N–H and O–H groups in total. The van der Waals surface area contributed by atoms with Crippen LogP contribution >= 0.6 is 0 Å². The summed E-state index contributed by atoms with van der Waals surface area (Å²) in [6, 6.07) is 18.5. The Morgan fingerprint density at radius 2 is 1.71 bits per heavy atom. The van der Waals surface area contributed by atoms with Gasteiger partial charge in [0.1, 0.15) is 0 Å². The van der Waals surface area contributed by atoms with Crippen LogP contribution in [0.25, 0.3) is 10.9 Å². The number of para-hydroxylation sites is 1. The molecular formula is C18H17NO2. The lowest BCUT2D eigenvalue weighted by Crippen LogP contribution is -1.98. The summed E-state index contributed by atoms with van der Waals surface area (Å²) in [6.07, 6.45) is 2.82. The van der Waals surface area contributed by atoms with E-state index in [0.29, 0.717) is 6.42 Å². The molecule has 0 unspecified atom stereocenters. The van der Waals surface area contributed by atoms with Gasteiger partial charge in [-0.25, -0.2) is 0 Å². The van der Waals surface area contributed by atoms with E-state index in [2.05, 4.69) is 35.0 Å². The van der Waals surface area contributed by atoms with Crippen molar-refractivity contribution >= 4 is 16.9 Å². The quantitative estimate of drug-likeness (QED) is 0.773. The van der Waals surface area contributed by atoms with Crippen LogP contribution in [0.3, 0.4) is 0 Å². The van der Waals surface area contributed by atoms with Crippen LogP contribution in [0.2, 0.25) is 0 Å². The molecule has 1 aromatic heterocycles. The van der Waals surface area contributed by atoms with Crippen molar-refractivity contribution in [1.29, 1.82) is 0 Å². The zero-order chi connectivity index (χ0) is 14.7. The Bertz CT molecular complexity index is 759. The number of aryl methyl sites for hydroxylation is 1. The van der Waals surface area contributed by atoms with Crippen molar-refractivity contribution in [2.75, 3.05) is 0 Å². The van der Waals surface area contributed by atoms with Crippen molar-refractivity contribution in [3.05, 3.63) is 71.9 Å². The van der Waals surface area contributed by atoms with Gasteiger partial charge in [0.25, 0.3) is 0 Å². The van der Waals surface area contributed by atoms with E-state index in [1.807, 2.05) is 30.3 Å². The van der Waals surface area contributed by atoms with Crippen LogP contribution in [0.15, 0.2) is 60.8 Å². The highest BCUT2D eigenvalue weighted by atomic mass is 16.4. The van der Waals surface area contributed by atoms with E-state index in [-0.39, 0.29) is 6.42 Å². The molecule has 0 saturated heterocycles. The summed E-state index contributed by atoms with van der Waals surface area (Å²) < 4.78 is 2.20. The van der Waals surface area contributed by atoms with Gasteiger partial charge in [-0.3, -0.25) is 4.79 Å². The summed E-state index contributed by atoms with van der Waals surface area (Å²) in [5.74, 6) is -0.755. The number of carboxylic acid groups (broad SMARTS) is 1. The molecule has 0 aliphatic carbocycles. The first-order valence-corrected chi connectivity index (χ1v) is 7.06. The second kappa shape index (κ2) is 5.83. The van der Waals surface area contributed by atoms with Gasteiger partial charge in [0.2, 0.25) is 0 Å². The van der Waals surface area contributed by atoms with Gasteiger partial charge < -0.3 is 9.67 Å². The fourth-order valence-corrected chi connectivity index (χ4v) is 2.67. The summed E-state index contributed by atoms with van der Waals surface area (Å²) in [4.78, 5) is 10.8. The maximum absolute atomic E-state index is 10.8. The molecule has 0 aliphatic rings. The number of hydrogen-bond donors (Lipinski definition) is 1. The molecule has 0 radical (unpaired) electrons. The highest BCUT2D eigenvalue weighted by Gasteiger charge is 2.09. The van der Waals surface area contributed by atoms with E-state index in [1.54, 1.807) is 0 Å². The maximum atomic E-state index is 10.8. The van der Waals surface area contributed by atoms with E-state index >= 15 is 0 Å². The van der Waals surface area contributed by atoms with Crippen molar-refractivity contribution < 1.29 is 9.90 Å². The minimum Gasteiger partial charge on any atom is -0.481 e. The fourth-order valence-electron chi connectivity index (χ4n) is 2.67. The summed E-state index contributed by atoms with van der Waals surface area (Å²) in [6.45, 7) is 0.800. The summed E-state index contributed by atoms with van der Waals surface area (Å²) in [5.41, 5.74) is 3.49. The third kappa shape index (κ3) is 2.97. The maximum Gasteiger partial charge on any atom is 0.303 e. The topological polar surface area (TPSA) is 42.2 Å². The van der Waals surface area contributed by atoms with Crippen molar-refractivity contribution in [3.63, 3.8) is 0 Å². The number of carbonyl (C=O) groups is 1. The number of fused-ring (bicyclic) bond motifs is 1. The predicted octanol–water partition coefficient (Wildman–Crippen LogP) is 3.71. The monoisotopic (exact) mass is 279 g/mol. The van der Waals surface area contributed by atoms with Crippen LogP contribution in [0.1, 0.15) is 17.5 Å². The van der Waals surface area contributed by atoms with Crippen LogP contribution in [0, 0.1) is 0 Å². The average molecular weight is 279 g/mol. The molecule has 21 heavy (non-hydrogen) atoms. The number of aromatic nitrogens is 1. The number of benzene rings is 2. The molecule has 2 aromatic carbocycles. The molecule has 3 rings (SSSR count). The Hall–Kier alpha value is -2.55. The molecule has 0 aliphatic heterocycles. The molecule has 3 nitrogen and oxygen atoms in total. The van der Waals surface area contributed by atoms with Crippen molar-refractivity contribution in [3.8, 4) is 0 Å². The smallest absolute Gasteiger partial charge is 0.303 e. The molecule has 3 heteroatoms. The molecule has 0 bridgehead atoms. The largest absolute Gasteiger partial charge is 0.481 e. The lowest BCUT2D eigenvalue weighted by molar-refractivity contribution is -0.136.